The highest BCUT2D eigenvalue weighted by Gasteiger charge is 2.25. The fourth-order valence-corrected chi connectivity index (χ4v) is 3.24. The Kier molecular flexibility index (Phi) is 5.93. The summed E-state index contributed by atoms with van der Waals surface area (Å²) in [6.07, 6.45) is 0.0396. The van der Waals surface area contributed by atoms with E-state index in [1.807, 2.05) is 31.2 Å². The first kappa shape index (κ1) is 19.4. The zero-order valence-electron chi connectivity index (χ0n) is 15.7. The number of hydrogen-bond donors (Lipinski definition) is 2. The first-order valence-corrected chi connectivity index (χ1v) is 9.15. The number of urea groups is 1. The van der Waals surface area contributed by atoms with Crippen molar-refractivity contribution in [1.82, 2.24) is 9.80 Å². The second-order valence-corrected chi connectivity index (χ2v) is 6.81. The lowest BCUT2D eigenvalue weighted by molar-refractivity contribution is -0.131. The van der Waals surface area contributed by atoms with E-state index in [0.717, 1.165) is 11.3 Å². The van der Waals surface area contributed by atoms with Crippen LogP contribution < -0.4 is 5.32 Å². The molecule has 1 aliphatic rings. The Bertz CT molecular complexity index is 889. The molecule has 7 nitrogen and oxygen atoms in total. The molecular weight excluding hydrogens is 358 g/mol. The summed E-state index contributed by atoms with van der Waals surface area (Å²) in [5.74, 6) is -1.17. The average molecular weight is 381 g/mol. The molecule has 0 aromatic heterocycles. The second kappa shape index (κ2) is 8.56. The van der Waals surface area contributed by atoms with Crippen molar-refractivity contribution in [3.8, 4) is 0 Å². The molecule has 7 heteroatoms. The average Bonchev–Trinajstić information content (AvgIpc) is 2.68. The monoisotopic (exact) mass is 381 g/mol. The maximum absolute atomic E-state index is 12.6. The van der Waals surface area contributed by atoms with Gasteiger partial charge in [-0.05, 0) is 36.2 Å². The van der Waals surface area contributed by atoms with Gasteiger partial charge in [0.25, 0.3) is 0 Å². The third-order valence-electron chi connectivity index (χ3n) is 4.78. The van der Waals surface area contributed by atoms with Crippen LogP contribution in [0.5, 0.6) is 0 Å². The van der Waals surface area contributed by atoms with E-state index in [1.54, 1.807) is 28.0 Å². The number of benzene rings is 2. The molecule has 3 rings (SSSR count). The third-order valence-corrected chi connectivity index (χ3v) is 4.78. The van der Waals surface area contributed by atoms with Crippen LogP contribution in [0.3, 0.4) is 0 Å². The third kappa shape index (κ3) is 4.68. The Hall–Kier alpha value is -3.35. The van der Waals surface area contributed by atoms with Crippen LogP contribution >= 0.6 is 0 Å². The predicted octanol–water partition coefficient (Wildman–Crippen LogP) is 2.61. The molecule has 0 aliphatic carbocycles. The number of hydrogen-bond acceptors (Lipinski definition) is 3. The number of carboxylic acid groups (broad SMARTS) is 1. The van der Waals surface area contributed by atoms with Gasteiger partial charge in [-0.15, -0.1) is 0 Å². The Morgan fingerprint density at radius 3 is 2.32 bits per heavy atom. The molecule has 0 saturated carbocycles. The smallest absolute Gasteiger partial charge is 0.335 e. The lowest BCUT2D eigenvalue weighted by atomic mass is 10.0. The molecule has 1 heterocycles. The normalized spacial score (nSPS) is 13.9. The van der Waals surface area contributed by atoms with Gasteiger partial charge in [0.05, 0.1) is 12.0 Å². The summed E-state index contributed by atoms with van der Waals surface area (Å²) in [4.78, 5) is 39.6. The molecule has 0 unspecified atom stereocenters. The molecule has 0 spiro atoms. The van der Waals surface area contributed by atoms with Crippen molar-refractivity contribution in [2.24, 2.45) is 0 Å². The quantitative estimate of drug-likeness (QED) is 0.852. The summed E-state index contributed by atoms with van der Waals surface area (Å²) >= 11 is 0. The number of anilines is 1. The van der Waals surface area contributed by atoms with Crippen molar-refractivity contribution in [3.63, 3.8) is 0 Å². The number of aryl methyl sites for hydroxylation is 1. The molecule has 2 aromatic rings. The second-order valence-electron chi connectivity index (χ2n) is 6.81. The van der Waals surface area contributed by atoms with E-state index in [9.17, 15) is 19.5 Å². The number of carbonyl (C=O) groups excluding carboxylic acids is 2. The molecule has 2 aromatic carbocycles. The van der Waals surface area contributed by atoms with E-state index < -0.39 is 5.97 Å². The van der Waals surface area contributed by atoms with Gasteiger partial charge in [0.2, 0.25) is 5.91 Å². The Morgan fingerprint density at radius 1 is 0.964 bits per heavy atom. The lowest BCUT2D eigenvalue weighted by Crippen LogP contribution is -2.52. The number of carbonyl (C=O) groups is 3. The summed E-state index contributed by atoms with van der Waals surface area (Å²) in [5.41, 5.74) is 2.45. The zero-order chi connectivity index (χ0) is 20.1. The van der Waals surface area contributed by atoms with Crippen LogP contribution in [0.2, 0.25) is 0 Å². The molecule has 28 heavy (non-hydrogen) atoms. The van der Waals surface area contributed by atoms with Crippen molar-refractivity contribution >= 4 is 23.6 Å². The number of nitrogens with one attached hydrogen (secondary N) is 1. The van der Waals surface area contributed by atoms with Crippen LogP contribution in [-0.4, -0.2) is 59.0 Å². The molecule has 1 saturated heterocycles. The standard InChI is InChI=1S/C21H23N3O4/c1-15-5-4-7-17(13-15)22-21(28)24-11-9-23(10-12-24)19(25)14-16-6-2-3-8-18(16)20(26)27/h2-8,13H,9-12,14H2,1H3,(H,22,28)(H,26,27). The minimum Gasteiger partial charge on any atom is -0.478 e. The highest BCUT2D eigenvalue weighted by molar-refractivity contribution is 5.92. The SMILES string of the molecule is Cc1cccc(NC(=O)N2CCN(C(=O)Cc3ccccc3C(=O)O)CC2)c1. The maximum Gasteiger partial charge on any atom is 0.335 e. The highest BCUT2D eigenvalue weighted by atomic mass is 16.4. The molecular formula is C21H23N3O4. The van der Waals surface area contributed by atoms with Crippen molar-refractivity contribution in [2.45, 2.75) is 13.3 Å². The van der Waals surface area contributed by atoms with E-state index in [4.69, 9.17) is 0 Å². The van der Waals surface area contributed by atoms with Gasteiger partial charge in [-0.2, -0.15) is 0 Å². The summed E-state index contributed by atoms with van der Waals surface area (Å²) < 4.78 is 0. The van der Waals surface area contributed by atoms with Gasteiger partial charge >= 0.3 is 12.0 Å². The van der Waals surface area contributed by atoms with Crippen molar-refractivity contribution < 1.29 is 19.5 Å². The van der Waals surface area contributed by atoms with E-state index >= 15 is 0 Å². The molecule has 0 bridgehead atoms. The molecule has 2 N–H and O–H groups in total. The highest BCUT2D eigenvalue weighted by Crippen LogP contribution is 2.14. The molecule has 0 radical (unpaired) electrons. The van der Waals surface area contributed by atoms with Crippen molar-refractivity contribution in [2.75, 3.05) is 31.5 Å². The summed E-state index contributed by atoms with van der Waals surface area (Å²) in [6, 6.07) is 13.9. The number of piperazine rings is 1. The predicted molar refractivity (Wildman–Crippen MR) is 105 cm³/mol. The van der Waals surface area contributed by atoms with E-state index in [1.165, 1.54) is 6.07 Å². The fourth-order valence-electron chi connectivity index (χ4n) is 3.24. The number of aromatic carboxylic acids is 1. The Labute approximate surface area is 163 Å². The van der Waals surface area contributed by atoms with Crippen LogP contribution in [0.25, 0.3) is 0 Å². The van der Waals surface area contributed by atoms with Crippen molar-refractivity contribution in [1.29, 1.82) is 0 Å². The van der Waals surface area contributed by atoms with Gasteiger partial charge in [-0.25, -0.2) is 9.59 Å². The van der Waals surface area contributed by atoms with Crippen LogP contribution in [0, 0.1) is 6.92 Å². The van der Waals surface area contributed by atoms with Crippen LogP contribution in [0.15, 0.2) is 48.5 Å². The largest absolute Gasteiger partial charge is 0.478 e. The minimum atomic E-state index is -1.04. The van der Waals surface area contributed by atoms with E-state index in [0.29, 0.717) is 31.7 Å². The van der Waals surface area contributed by atoms with Crippen LogP contribution in [0.4, 0.5) is 10.5 Å². The van der Waals surface area contributed by atoms with Gasteiger partial charge in [-0.3, -0.25) is 4.79 Å². The summed E-state index contributed by atoms with van der Waals surface area (Å²) in [6.45, 7) is 3.68. The molecule has 1 fully saturated rings. The lowest BCUT2D eigenvalue weighted by Gasteiger charge is -2.34. The Morgan fingerprint density at radius 2 is 1.64 bits per heavy atom. The number of carboxylic acids is 1. The van der Waals surface area contributed by atoms with Gasteiger partial charge in [0.15, 0.2) is 0 Å². The summed E-state index contributed by atoms with van der Waals surface area (Å²) in [7, 11) is 0. The minimum absolute atomic E-state index is 0.0396. The molecule has 146 valence electrons. The van der Waals surface area contributed by atoms with Crippen LogP contribution in [0.1, 0.15) is 21.5 Å². The first-order valence-electron chi connectivity index (χ1n) is 9.15. The van der Waals surface area contributed by atoms with Gasteiger partial charge in [0.1, 0.15) is 0 Å². The van der Waals surface area contributed by atoms with Gasteiger partial charge in [-0.1, -0.05) is 30.3 Å². The zero-order valence-corrected chi connectivity index (χ0v) is 15.7. The molecule has 3 amide bonds. The molecule has 0 atom stereocenters. The first-order chi connectivity index (χ1) is 13.4. The topological polar surface area (TPSA) is 90.0 Å². The molecule has 1 aliphatic heterocycles. The van der Waals surface area contributed by atoms with E-state index in [2.05, 4.69) is 5.32 Å². The fraction of sp³-hybridized carbons (Fsp3) is 0.286. The van der Waals surface area contributed by atoms with Gasteiger partial charge < -0.3 is 20.2 Å². The van der Waals surface area contributed by atoms with Crippen molar-refractivity contribution in [3.05, 3.63) is 65.2 Å². The summed E-state index contributed by atoms with van der Waals surface area (Å²) in [5, 5.41) is 12.1. The number of rotatable bonds is 4. The number of amides is 3. The van der Waals surface area contributed by atoms with Gasteiger partial charge in [0, 0.05) is 31.9 Å². The van der Waals surface area contributed by atoms with Crippen LogP contribution in [-0.2, 0) is 11.2 Å². The number of nitrogens with zero attached hydrogens (tertiary/aromatic N) is 2. The van der Waals surface area contributed by atoms with E-state index in [-0.39, 0.29) is 23.9 Å². The maximum atomic E-state index is 12.6. The Balaban J connectivity index is 1.54.